The van der Waals surface area contributed by atoms with Crippen molar-refractivity contribution < 1.29 is 19.4 Å². The summed E-state index contributed by atoms with van der Waals surface area (Å²) in [5, 5.41) is 8.55. The molecule has 0 rings (SSSR count). The zero-order valence-corrected chi connectivity index (χ0v) is 9.52. The molecular formula is C10H19NO4. The van der Waals surface area contributed by atoms with E-state index in [4.69, 9.17) is 9.84 Å². The maximum absolute atomic E-state index is 11.5. The lowest BCUT2D eigenvalue weighted by atomic mass is 10.3. The van der Waals surface area contributed by atoms with E-state index in [1.54, 1.807) is 6.92 Å². The first-order valence-corrected chi connectivity index (χ1v) is 5.08. The molecule has 0 radical (unpaired) electrons. The second-order valence-electron chi connectivity index (χ2n) is 3.47. The fraction of sp³-hybridized carbons (Fsp3) is 0.800. The number of rotatable bonds is 7. The molecule has 0 bridgehead atoms. The predicted octanol–water partition coefficient (Wildman–Crippen LogP) is 0.735. The average molecular weight is 217 g/mol. The summed E-state index contributed by atoms with van der Waals surface area (Å²) >= 11 is 0. The Labute approximate surface area is 90.0 Å². The number of likely N-dealkylation sites (N-methyl/N-ethyl adjacent to an activating group) is 1. The highest BCUT2D eigenvalue weighted by Gasteiger charge is 2.14. The van der Waals surface area contributed by atoms with Crippen LogP contribution >= 0.6 is 0 Å². The maximum atomic E-state index is 11.5. The van der Waals surface area contributed by atoms with Crippen molar-refractivity contribution in [3.8, 4) is 0 Å². The highest BCUT2D eigenvalue weighted by atomic mass is 16.5. The van der Waals surface area contributed by atoms with Gasteiger partial charge in [0.15, 0.2) is 0 Å². The summed E-state index contributed by atoms with van der Waals surface area (Å²) in [6, 6.07) is 0. The Bertz CT molecular complexity index is 215. The Balaban J connectivity index is 3.88. The van der Waals surface area contributed by atoms with E-state index in [-0.39, 0.29) is 25.0 Å². The smallest absolute Gasteiger partial charge is 0.323 e. The highest BCUT2D eigenvalue weighted by molar-refractivity contribution is 5.81. The van der Waals surface area contributed by atoms with Gasteiger partial charge in [-0.1, -0.05) is 0 Å². The van der Waals surface area contributed by atoms with Gasteiger partial charge in [-0.25, -0.2) is 0 Å². The number of carboxylic acid groups (broad SMARTS) is 1. The molecule has 0 aliphatic carbocycles. The van der Waals surface area contributed by atoms with Gasteiger partial charge in [0.2, 0.25) is 5.91 Å². The summed E-state index contributed by atoms with van der Waals surface area (Å²) in [4.78, 5) is 23.2. The van der Waals surface area contributed by atoms with E-state index in [0.717, 1.165) is 0 Å². The van der Waals surface area contributed by atoms with Crippen molar-refractivity contribution in [1.82, 2.24) is 4.90 Å². The molecule has 15 heavy (non-hydrogen) atoms. The molecule has 0 aliphatic heterocycles. The zero-order valence-electron chi connectivity index (χ0n) is 9.52. The van der Waals surface area contributed by atoms with Crippen LogP contribution < -0.4 is 0 Å². The van der Waals surface area contributed by atoms with E-state index in [1.807, 2.05) is 13.8 Å². The van der Waals surface area contributed by atoms with Crippen LogP contribution in [0.1, 0.15) is 27.2 Å². The van der Waals surface area contributed by atoms with E-state index in [2.05, 4.69) is 0 Å². The Morgan fingerprint density at radius 3 is 2.40 bits per heavy atom. The largest absolute Gasteiger partial charge is 0.480 e. The van der Waals surface area contributed by atoms with Crippen molar-refractivity contribution in [3.05, 3.63) is 0 Å². The van der Waals surface area contributed by atoms with Gasteiger partial charge in [-0.2, -0.15) is 0 Å². The molecular weight excluding hydrogens is 198 g/mol. The molecule has 1 amide bonds. The van der Waals surface area contributed by atoms with E-state index in [0.29, 0.717) is 13.2 Å². The molecule has 0 aromatic heterocycles. The minimum Gasteiger partial charge on any atom is -0.480 e. The molecule has 0 atom stereocenters. The number of carbonyl (C=O) groups is 2. The first-order chi connectivity index (χ1) is 6.97. The Hall–Kier alpha value is -1.10. The van der Waals surface area contributed by atoms with Gasteiger partial charge < -0.3 is 14.7 Å². The molecule has 5 nitrogen and oxygen atoms in total. The normalized spacial score (nSPS) is 10.4. The van der Waals surface area contributed by atoms with Crippen molar-refractivity contribution in [2.24, 2.45) is 0 Å². The highest BCUT2D eigenvalue weighted by Crippen LogP contribution is 1.97. The van der Waals surface area contributed by atoms with E-state index in [9.17, 15) is 9.59 Å². The molecule has 1 N–H and O–H groups in total. The van der Waals surface area contributed by atoms with Crippen LogP contribution in [0.4, 0.5) is 0 Å². The number of hydrogen-bond donors (Lipinski definition) is 1. The lowest BCUT2D eigenvalue weighted by molar-refractivity contribution is -0.144. The maximum Gasteiger partial charge on any atom is 0.323 e. The molecule has 0 heterocycles. The van der Waals surface area contributed by atoms with Gasteiger partial charge >= 0.3 is 5.97 Å². The molecule has 0 aromatic rings. The fourth-order valence-electron chi connectivity index (χ4n) is 1.08. The van der Waals surface area contributed by atoms with Crippen molar-refractivity contribution >= 4 is 11.9 Å². The van der Waals surface area contributed by atoms with Crippen LogP contribution in [0.15, 0.2) is 0 Å². The molecule has 0 spiro atoms. The van der Waals surface area contributed by atoms with Crippen LogP contribution in [0.2, 0.25) is 0 Å². The minimum absolute atomic E-state index is 0.0901. The van der Waals surface area contributed by atoms with Crippen molar-refractivity contribution in [2.75, 3.05) is 19.7 Å². The minimum atomic E-state index is -0.991. The van der Waals surface area contributed by atoms with Crippen LogP contribution in [-0.2, 0) is 14.3 Å². The molecule has 0 aliphatic rings. The summed E-state index contributed by atoms with van der Waals surface area (Å²) in [7, 11) is 0. The Morgan fingerprint density at radius 2 is 2.00 bits per heavy atom. The lowest BCUT2D eigenvalue weighted by Gasteiger charge is -2.18. The van der Waals surface area contributed by atoms with E-state index >= 15 is 0 Å². The standard InChI is InChI=1S/C10H19NO4/c1-4-11(7-10(13)14)9(12)5-6-15-8(2)3/h8H,4-7H2,1-3H3,(H,13,14). The number of carbonyl (C=O) groups excluding carboxylic acids is 1. The van der Waals surface area contributed by atoms with Crippen LogP contribution in [0.3, 0.4) is 0 Å². The van der Waals surface area contributed by atoms with Gasteiger partial charge in [-0.3, -0.25) is 9.59 Å². The molecule has 5 heteroatoms. The molecule has 88 valence electrons. The molecule has 0 aromatic carbocycles. The third kappa shape index (κ3) is 6.90. The van der Waals surface area contributed by atoms with Crippen LogP contribution in [0.25, 0.3) is 0 Å². The summed E-state index contributed by atoms with van der Waals surface area (Å²) in [6.07, 6.45) is 0.326. The van der Waals surface area contributed by atoms with Crippen molar-refractivity contribution in [3.63, 3.8) is 0 Å². The molecule has 0 fully saturated rings. The fourth-order valence-corrected chi connectivity index (χ4v) is 1.08. The second kappa shape index (κ2) is 7.23. The van der Waals surface area contributed by atoms with Gasteiger partial charge in [-0.15, -0.1) is 0 Å². The van der Waals surface area contributed by atoms with Gasteiger partial charge in [0.25, 0.3) is 0 Å². The number of amides is 1. The van der Waals surface area contributed by atoms with Gasteiger partial charge in [0.05, 0.1) is 19.1 Å². The topological polar surface area (TPSA) is 66.8 Å². The SMILES string of the molecule is CCN(CC(=O)O)C(=O)CCOC(C)C. The zero-order chi connectivity index (χ0) is 11.8. The molecule has 0 saturated carbocycles. The number of hydrogen-bond acceptors (Lipinski definition) is 3. The van der Waals surface area contributed by atoms with Crippen LogP contribution in [-0.4, -0.2) is 47.7 Å². The number of carboxylic acids is 1. The van der Waals surface area contributed by atoms with Crippen molar-refractivity contribution in [1.29, 1.82) is 0 Å². The first-order valence-electron chi connectivity index (χ1n) is 5.08. The summed E-state index contributed by atoms with van der Waals surface area (Å²) in [6.45, 7) is 6.04. The van der Waals surface area contributed by atoms with E-state index in [1.165, 1.54) is 4.90 Å². The number of aliphatic carboxylic acids is 1. The van der Waals surface area contributed by atoms with Gasteiger partial charge in [0, 0.05) is 6.54 Å². The third-order valence-corrected chi connectivity index (χ3v) is 1.83. The summed E-state index contributed by atoms with van der Waals surface area (Å²) in [5.74, 6) is -1.17. The third-order valence-electron chi connectivity index (χ3n) is 1.83. The Kier molecular flexibility index (Phi) is 6.70. The predicted molar refractivity (Wildman–Crippen MR) is 55.6 cm³/mol. The lowest BCUT2D eigenvalue weighted by Crippen LogP contribution is -2.36. The van der Waals surface area contributed by atoms with Crippen molar-refractivity contribution in [2.45, 2.75) is 33.3 Å². The average Bonchev–Trinajstić information content (AvgIpc) is 2.13. The van der Waals surface area contributed by atoms with Crippen LogP contribution in [0.5, 0.6) is 0 Å². The van der Waals surface area contributed by atoms with Crippen LogP contribution in [0, 0.1) is 0 Å². The second-order valence-corrected chi connectivity index (χ2v) is 3.47. The van der Waals surface area contributed by atoms with Gasteiger partial charge in [0.1, 0.15) is 6.54 Å². The number of nitrogens with zero attached hydrogens (tertiary/aromatic N) is 1. The molecule has 0 unspecified atom stereocenters. The number of ether oxygens (including phenoxy) is 1. The summed E-state index contributed by atoms with van der Waals surface area (Å²) in [5.41, 5.74) is 0. The summed E-state index contributed by atoms with van der Waals surface area (Å²) < 4.78 is 5.22. The van der Waals surface area contributed by atoms with Gasteiger partial charge in [-0.05, 0) is 20.8 Å². The molecule has 0 saturated heterocycles. The van der Waals surface area contributed by atoms with E-state index < -0.39 is 5.97 Å². The first kappa shape index (κ1) is 13.9. The monoisotopic (exact) mass is 217 g/mol. The Morgan fingerprint density at radius 1 is 1.40 bits per heavy atom. The quantitative estimate of drug-likeness (QED) is 0.682.